The number of ketones is 1. The van der Waals surface area contributed by atoms with E-state index in [1.807, 2.05) is 36.4 Å². The van der Waals surface area contributed by atoms with Crippen molar-refractivity contribution in [3.8, 4) is 46.0 Å². The molecule has 1 unspecified atom stereocenters. The van der Waals surface area contributed by atoms with Gasteiger partial charge in [0, 0.05) is 35.1 Å². The van der Waals surface area contributed by atoms with Crippen molar-refractivity contribution < 1.29 is 47.5 Å². The van der Waals surface area contributed by atoms with E-state index in [9.17, 15) is 9.59 Å². The van der Waals surface area contributed by atoms with Crippen LogP contribution in [0.15, 0.2) is 72.5 Å². The summed E-state index contributed by atoms with van der Waals surface area (Å²) in [4.78, 5) is 26.6. The van der Waals surface area contributed by atoms with Gasteiger partial charge in [-0.3, -0.25) is 9.59 Å². The Balaban J connectivity index is 1.37. The van der Waals surface area contributed by atoms with Crippen LogP contribution in [0.3, 0.4) is 0 Å². The number of Topliss-reactive ketones (excluding diaryl/α,β-unsaturated/α-hetero) is 1. The smallest absolute Gasteiger partial charge is 0.312 e. The second kappa shape index (κ2) is 13.4. The minimum absolute atomic E-state index is 0.00552. The predicted octanol–water partition coefficient (Wildman–Crippen LogP) is 6.41. The fourth-order valence-electron chi connectivity index (χ4n) is 5.86. The van der Waals surface area contributed by atoms with Gasteiger partial charge in [0.15, 0.2) is 28.8 Å². The first-order chi connectivity index (χ1) is 22.9. The number of benzene rings is 4. The summed E-state index contributed by atoms with van der Waals surface area (Å²) in [6.07, 6.45) is 2.23. The topological polar surface area (TPSA) is 108 Å². The van der Waals surface area contributed by atoms with E-state index >= 15 is 0 Å². The SMILES string of the molecule is COc1ccc(CCOc2c(OC)cccc2C2CC(=O)Oc3ccc4c(c32)OC(=Cc2cc(OC)c(OC)cc2OC)C4=O)cc1. The standard InChI is InChI=1S/C37H34O10/c1-40-23-11-9-21(10-12-23)15-16-45-36-24(7-6-8-28(36)41-2)26-19-33(38)46-27-14-13-25-35(39)32(47-37(25)34(26)27)18-22-17-30(43-4)31(44-5)20-29(22)42-3/h6-14,17-18,20,26H,15-16,19H2,1-5H3. The Labute approximate surface area is 272 Å². The fraction of sp³-hybridized carbons (Fsp3) is 0.243. The maximum absolute atomic E-state index is 13.7. The number of allylic oxidation sites excluding steroid dienone is 1. The van der Waals surface area contributed by atoms with Gasteiger partial charge >= 0.3 is 5.97 Å². The highest BCUT2D eigenvalue weighted by Gasteiger charge is 2.40. The number of esters is 1. The zero-order valence-corrected chi connectivity index (χ0v) is 26.7. The van der Waals surface area contributed by atoms with E-state index in [-0.39, 0.29) is 18.0 Å². The van der Waals surface area contributed by atoms with Crippen LogP contribution in [0.1, 0.15) is 45.0 Å². The molecule has 4 aromatic rings. The van der Waals surface area contributed by atoms with Gasteiger partial charge in [0.2, 0.25) is 5.78 Å². The zero-order valence-electron chi connectivity index (χ0n) is 26.7. The molecule has 0 aromatic heterocycles. The summed E-state index contributed by atoms with van der Waals surface area (Å²) in [5.74, 6) is 2.64. The number of rotatable bonds is 11. The van der Waals surface area contributed by atoms with Crippen molar-refractivity contribution in [2.75, 3.05) is 42.2 Å². The van der Waals surface area contributed by atoms with Gasteiger partial charge in [-0.25, -0.2) is 0 Å². The third-order valence-electron chi connectivity index (χ3n) is 8.20. The van der Waals surface area contributed by atoms with E-state index < -0.39 is 11.9 Å². The van der Waals surface area contributed by atoms with Crippen molar-refractivity contribution in [3.05, 3.63) is 100 Å². The zero-order chi connectivity index (χ0) is 33.1. The average molecular weight is 639 g/mol. The van der Waals surface area contributed by atoms with E-state index in [2.05, 4.69) is 0 Å². The molecule has 10 nitrogen and oxygen atoms in total. The largest absolute Gasteiger partial charge is 0.497 e. The number of hydrogen-bond donors (Lipinski definition) is 0. The van der Waals surface area contributed by atoms with Gasteiger partial charge < -0.3 is 37.9 Å². The second-order valence-corrected chi connectivity index (χ2v) is 10.8. The molecule has 47 heavy (non-hydrogen) atoms. The Bertz CT molecular complexity index is 1860. The van der Waals surface area contributed by atoms with E-state index in [1.54, 1.807) is 50.6 Å². The van der Waals surface area contributed by atoms with E-state index in [4.69, 9.17) is 37.9 Å². The van der Waals surface area contributed by atoms with Gasteiger partial charge in [-0.15, -0.1) is 0 Å². The number of para-hydroxylation sites is 1. The second-order valence-electron chi connectivity index (χ2n) is 10.8. The van der Waals surface area contributed by atoms with Crippen molar-refractivity contribution in [1.29, 1.82) is 0 Å². The number of methoxy groups -OCH3 is 5. The summed E-state index contributed by atoms with van der Waals surface area (Å²) in [6, 6.07) is 19.9. The number of hydrogen-bond acceptors (Lipinski definition) is 10. The summed E-state index contributed by atoms with van der Waals surface area (Å²) in [5.41, 5.74) is 3.26. The summed E-state index contributed by atoms with van der Waals surface area (Å²) in [6.45, 7) is 0.353. The highest BCUT2D eigenvalue weighted by molar-refractivity contribution is 6.15. The lowest BCUT2D eigenvalue weighted by molar-refractivity contribution is -0.135. The molecule has 2 heterocycles. The maximum Gasteiger partial charge on any atom is 0.312 e. The molecule has 6 rings (SSSR count). The van der Waals surface area contributed by atoms with Gasteiger partial charge in [0.25, 0.3) is 0 Å². The molecule has 4 aromatic carbocycles. The number of carbonyl (C=O) groups is 2. The lowest BCUT2D eigenvalue weighted by Crippen LogP contribution is -2.22. The lowest BCUT2D eigenvalue weighted by atomic mass is 9.84. The first kappa shape index (κ1) is 31.3. The molecule has 2 aliphatic rings. The molecule has 0 aliphatic carbocycles. The molecule has 2 aliphatic heterocycles. The Hall–Kier alpha value is -5.64. The molecule has 0 saturated heterocycles. The fourth-order valence-corrected chi connectivity index (χ4v) is 5.86. The van der Waals surface area contributed by atoms with Crippen LogP contribution in [0.2, 0.25) is 0 Å². The van der Waals surface area contributed by atoms with Crippen molar-refractivity contribution in [3.63, 3.8) is 0 Å². The van der Waals surface area contributed by atoms with Crippen LogP contribution >= 0.6 is 0 Å². The van der Waals surface area contributed by atoms with Crippen LogP contribution in [-0.4, -0.2) is 53.9 Å². The quantitative estimate of drug-likeness (QED) is 0.104. The van der Waals surface area contributed by atoms with E-state index in [0.29, 0.717) is 75.5 Å². The van der Waals surface area contributed by atoms with Gasteiger partial charge in [-0.1, -0.05) is 24.3 Å². The Morgan fingerprint density at radius 1 is 0.766 bits per heavy atom. The Morgan fingerprint density at radius 3 is 2.19 bits per heavy atom. The van der Waals surface area contributed by atoms with Crippen LogP contribution in [0.4, 0.5) is 0 Å². The molecule has 0 amide bonds. The summed E-state index contributed by atoms with van der Waals surface area (Å²) in [5, 5.41) is 0. The van der Waals surface area contributed by atoms with Gasteiger partial charge in [0.05, 0.1) is 54.1 Å². The molecule has 0 fully saturated rings. The first-order valence-corrected chi connectivity index (χ1v) is 14.9. The molecule has 1 atom stereocenters. The van der Waals surface area contributed by atoms with Crippen LogP contribution in [0.25, 0.3) is 6.08 Å². The minimum atomic E-state index is -0.546. The summed E-state index contributed by atoms with van der Waals surface area (Å²) in [7, 11) is 7.77. The predicted molar refractivity (Wildman–Crippen MR) is 173 cm³/mol. The molecule has 0 N–H and O–H groups in total. The molecular weight excluding hydrogens is 604 g/mol. The van der Waals surface area contributed by atoms with Crippen molar-refractivity contribution >= 4 is 17.8 Å². The number of carbonyl (C=O) groups excluding carboxylic acids is 2. The molecule has 10 heteroatoms. The van der Waals surface area contributed by atoms with Gasteiger partial charge in [-0.05, 0) is 48.0 Å². The van der Waals surface area contributed by atoms with Crippen LogP contribution in [0.5, 0.6) is 46.0 Å². The monoisotopic (exact) mass is 638 g/mol. The molecule has 0 bridgehead atoms. The van der Waals surface area contributed by atoms with Crippen molar-refractivity contribution in [2.24, 2.45) is 0 Å². The normalized spacial score (nSPS) is 15.7. The van der Waals surface area contributed by atoms with Crippen LogP contribution in [-0.2, 0) is 11.2 Å². The molecule has 0 spiro atoms. The Morgan fingerprint density at radius 2 is 1.49 bits per heavy atom. The minimum Gasteiger partial charge on any atom is -0.497 e. The highest BCUT2D eigenvalue weighted by Crippen LogP contribution is 2.52. The van der Waals surface area contributed by atoms with E-state index in [0.717, 1.165) is 11.3 Å². The van der Waals surface area contributed by atoms with Crippen LogP contribution < -0.4 is 37.9 Å². The molecular formula is C37H34O10. The van der Waals surface area contributed by atoms with Crippen LogP contribution in [0, 0.1) is 0 Å². The average Bonchev–Trinajstić information content (AvgIpc) is 3.42. The molecule has 242 valence electrons. The highest BCUT2D eigenvalue weighted by atomic mass is 16.5. The number of fused-ring (bicyclic) bond motifs is 3. The molecule has 0 radical (unpaired) electrons. The summed E-state index contributed by atoms with van der Waals surface area (Å²) >= 11 is 0. The third kappa shape index (κ3) is 6.02. The summed E-state index contributed by atoms with van der Waals surface area (Å²) < 4.78 is 45.7. The first-order valence-electron chi connectivity index (χ1n) is 14.9. The number of ether oxygens (including phenoxy) is 8. The third-order valence-corrected chi connectivity index (χ3v) is 8.20. The van der Waals surface area contributed by atoms with Gasteiger partial charge in [0.1, 0.15) is 23.0 Å². The van der Waals surface area contributed by atoms with Crippen molar-refractivity contribution in [2.45, 2.75) is 18.8 Å². The molecule has 0 saturated carbocycles. The van der Waals surface area contributed by atoms with Gasteiger partial charge in [-0.2, -0.15) is 0 Å². The van der Waals surface area contributed by atoms with E-state index in [1.165, 1.54) is 21.3 Å². The lowest BCUT2D eigenvalue weighted by Gasteiger charge is -2.28. The Kier molecular flexibility index (Phi) is 8.92. The maximum atomic E-state index is 13.7. The van der Waals surface area contributed by atoms with Crippen molar-refractivity contribution in [1.82, 2.24) is 0 Å².